The van der Waals surface area contributed by atoms with Crippen molar-refractivity contribution in [2.75, 3.05) is 11.9 Å². The number of nitrogens with one attached hydrogen (secondary N) is 1. The number of carbonyl (C=O) groups is 1. The van der Waals surface area contributed by atoms with Gasteiger partial charge in [-0.1, -0.05) is 36.7 Å². The second kappa shape index (κ2) is 6.84. The van der Waals surface area contributed by atoms with Crippen molar-refractivity contribution >= 4 is 23.2 Å². The SMILES string of the molecule is CCCN1C(=O)c2ccc(Cl)cc2NC1c1cnn(-c2ccccc2)c1. The van der Waals surface area contributed by atoms with Crippen LogP contribution in [0.1, 0.15) is 35.4 Å². The van der Waals surface area contributed by atoms with E-state index in [0.717, 1.165) is 23.4 Å². The monoisotopic (exact) mass is 366 g/mol. The molecule has 0 radical (unpaired) electrons. The Morgan fingerprint density at radius 2 is 2.00 bits per heavy atom. The van der Waals surface area contributed by atoms with E-state index in [9.17, 15) is 4.79 Å². The number of halogens is 1. The minimum absolute atomic E-state index is 0.00901. The second-order valence-electron chi connectivity index (χ2n) is 6.29. The van der Waals surface area contributed by atoms with Crippen LogP contribution in [0.25, 0.3) is 5.69 Å². The number of hydrogen-bond donors (Lipinski definition) is 1. The van der Waals surface area contributed by atoms with Gasteiger partial charge in [0.15, 0.2) is 0 Å². The highest BCUT2D eigenvalue weighted by Gasteiger charge is 2.33. The lowest BCUT2D eigenvalue weighted by molar-refractivity contribution is 0.0683. The Kier molecular flexibility index (Phi) is 4.39. The van der Waals surface area contributed by atoms with Gasteiger partial charge in [-0.05, 0) is 36.8 Å². The fourth-order valence-electron chi connectivity index (χ4n) is 3.25. The van der Waals surface area contributed by atoms with E-state index >= 15 is 0 Å². The van der Waals surface area contributed by atoms with Gasteiger partial charge in [-0.25, -0.2) is 4.68 Å². The highest BCUT2D eigenvalue weighted by molar-refractivity contribution is 6.31. The number of nitrogens with zero attached hydrogens (tertiary/aromatic N) is 3. The van der Waals surface area contributed by atoms with Crippen LogP contribution in [-0.2, 0) is 0 Å². The molecule has 6 heteroatoms. The van der Waals surface area contributed by atoms with E-state index in [4.69, 9.17) is 11.6 Å². The van der Waals surface area contributed by atoms with Crippen molar-refractivity contribution in [3.05, 3.63) is 77.1 Å². The summed E-state index contributed by atoms with van der Waals surface area (Å²) in [6, 6.07) is 15.2. The molecule has 1 unspecified atom stereocenters. The van der Waals surface area contributed by atoms with Crippen molar-refractivity contribution in [2.45, 2.75) is 19.5 Å². The third-order valence-electron chi connectivity index (χ3n) is 4.48. The van der Waals surface area contributed by atoms with E-state index in [1.54, 1.807) is 24.4 Å². The van der Waals surface area contributed by atoms with Gasteiger partial charge in [0.25, 0.3) is 5.91 Å². The maximum absolute atomic E-state index is 13.0. The molecule has 1 N–H and O–H groups in total. The second-order valence-corrected chi connectivity index (χ2v) is 6.73. The van der Waals surface area contributed by atoms with Gasteiger partial charge in [0.05, 0.1) is 23.1 Å². The number of hydrogen-bond acceptors (Lipinski definition) is 3. The van der Waals surface area contributed by atoms with Gasteiger partial charge in [0, 0.05) is 23.3 Å². The Labute approximate surface area is 157 Å². The third kappa shape index (κ3) is 2.95. The first kappa shape index (κ1) is 16.7. The van der Waals surface area contributed by atoms with E-state index in [1.807, 2.05) is 46.1 Å². The van der Waals surface area contributed by atoms with Crippen LogP contribution >= 0.6 is 11.6 Å². The highest BCUT2D eigenvalue weighted by Crippen LogP contribution is 2.34. The Hall–Kier alpha value is -2.79. The number of fused-ring (bicyclic) bond motifs is 1. The normalized spacial score (nSPS) is 16.3. The maximum atomic E-state index is 13.0. The molecule has 0 spiro atoms. The molecular weight excluding hydrogens is 348 g/mol. The molecule has 0 fully saturated rings. The van der Waals surface area contributed by atoms with Gasteiger partial charge < -0.3 is 10.2 Å². The molecule has 3 aromatic rings. The summed E-state index contributed by atoms with van der Waals surface area (Å²) in [4.78, 5) is 14.8. The topological polar surface area (TPSA) is 50.2 Å². The van der Waals surface area contributed by atoms with E-state index in [1.165, 1.54) is 0 Å². The highest BCUT2D eigenvalue weighted by atomic mass is 35.5. The molecular formula is C20H19ClN4O. The van der Waals surface area contributed by atoms with Crippen LogP contribution < -0.4 is 5.32 Å². The molecule has 26 heavy (non-hydrogen) atoms. The van der Waals surface area contributed by atoms with Crippen molar-refractivity contribution in [3.63, 3.8) is 0 Å². The van der Waals surface area contributed by atoms with Crippen LogP contribution in [0.15, 0.2) is 60.9 Å². The summed E-state index contributed by atoms with van der Waals surface area (Å²) >= 11 is 6.12. The molecule has 5 nitrogen and oxygen atoms in total. The molecule has 132 valence electrons. The first-order chi connectivity index (χ1) is 12.7. The van der Waals surface area contributed by atoms with E-state index in [0.29, 0.717) is 17.1 Å². The van der Waals surface area contributed by atoms with Gasteiger partial charge in [-0.15, -0.1) is 0 Å². The van der Waals surface area contributed by atoms with Gasteiger partial charge in [0.2, 0.25) is 0 Å². The van der Waals surface area contributed by atoms with Crippen LogP contribution in [0.2, 0.25) is 5.02 Å². The minimum Gasteiger partial charge on any atom is -0.361 e. The zero-order chi connectivity index (χ0) is 18.1. The van der Waals surface area contributed by atoms with Crippen molar-refractivity contribution in [1.29, 1.82) is 0 Å². The van der Waals surface area contributed by atoms with Crippen LogP contribution in [0.4, 0.5) is 5.69 Å². The summed E-state index contributed by atoms with van der Waals surface area (Å²) in [5.41, 5.74) is 3.31. The lowest BCUT2D eigenvalue weighted by Gasteiger charge is -2.37. The zero-order valence-corrected chi connectivity index (χ0v) is 15.1. The van der Waals surface area contributed by atoms with Crippen LogP contribution in [-0.4, -0.2) is 27.1 Å². The third-order valence-corrected chi connectivity index (χ3v) is 4.72. The van der Waals surface area contributed by atoms with Crippen molar-refractivity contribution in [1.82, 2.24) is 14.7 Å². The van der Waals surface area contributed by atoms with Crippen LogP contribution in [0, 0.1) is 0 Å². The average molecular weight is 367 g/mol. The first-order valence-electron chi connectivity index (χ1n) is 8.64. The molecule has 2 aromatic carbocycles. The minimum atomic E-state index is -0.272. The van der Waals surface area contributed by atoms with Gasteiger partial charge >= 0.3 is 0 Å². The van der Waals surface area contributed by atoms with Crippen molar-refractivity contribution in [3.8, 4) is 5.69 Å². The number of aromatic nitrogens is 2. The molecule has 0 aliphatic carbocycles. The Morgan fingerprint density at radius 3 is 2.77 bits per heavy atom. The predicted octanol–water partition coefficient (Wildman–Crippen LogP) is 4.50. The number of para-hydroxylation sites is 1. The molecule has 0 saturated heterocycles. The number of benzene rings is 2. The Bertz CT molecular complexity index is 938. The summed E-state index contributed by atoms with van der Waals surface area (Å²) < 4.78 is 1.82. The molecule has 0 saturated carbocycles. The zero-order valence-electron chi connectivity index (χ0n) is 14.4. The summed E-state index contributed by atoms with van der Waals surface area (Å²) in [7, 11) is 0. The lowest BCUT2D eigenvalue weighted by Crippen LogP contribution is -2.43. The summed E-state index contributed by atoms with van der Waals surface area (Å²) in [6.07, 6.45) is 4.36. The fourth-order valence-corrected chi connectivity index (χ4v) is 3.43. The molecule has 1 atom stereocenters. The molecule has 1 aromatic heterocycles. The number of amides is 1. The maximum Gasteiger partial charge on any atom is 0.257 e. The first-order valence-corrected chi connectivity index (χ1v) is 9.02. The van der Waals surface area contributed by atoms with Crippen molar-refractivity contribution in [2.24, 2.45) is 0 Å². The Morgan fingerprint density at radius 1 is 1.19 bits per heavy atom. The largest absolute Gasteiger partial charge is 0.361 e. The molecule has 1 amide bonds. The molecule has 4 rings (SSSR count). The fraction of sp³-hybridized carbons (Fsp3) is 0.200. The summed E-state index contributed by atoms with van der Waals surface area (Å²) in [6.45, 7) is 2.73. The van der Waals surface area contributed by atoms with Crippen LogP contribution in [0.3, 0.4) is 0 Å². The molecule has 0 bridgehead atoms. The Balaban J connectivity index is 1.72. The smallest absolute Gasteiger partial charge is 0.257 e. The quantitative estimate of drug-likeness (QED) is 0.739. The van der Waals surface area contributed by atoms with Gasteiger partial charge in [0.1, 0.15) is 6.17 Å². The predicted molar refractivity (Wildman–Crippen MR) is 103 cm³/mol. The number of carbonyl (C=O) groups excluding carboxylic acids is 1. The number of rotatable bonds is 4. The molecule has 1 aliphatic heterocycles. The summed E-state index contributed by atoms with van der Waals surface area (Å²) in [5.74, 6) is 0.00901. The van der Waals surface area contributed by atoms with E-state index < -0.39 is 0 Å². The standard InChI is InChI=1S/C20H19ClN4O/c1-2-10-24-19(23-18-11-15(21)8-9-17(18)20(24)26)14-12-22-25(13-14)16-6-4-3-5-7-16/h3-9,11-13,19,23H,2,10H2,1H3. The molecule has 1 aliphatic rings. The number of anilines is 1. The molecule has 2 heterocycles. The van der Waals surface area contributed by atoms with E-state index in [-0.39, 0.29) is 12.1 Å². The van der Waals surface area contributed by atoms with Crippen LogP contribution in [0.5, 0.6) is 0 Å². The van der Waals surface area contributed by atoms with Crippen molar-refractivity contribution < 1.29 is 4.79 Å². The average Bonchev–Trinajstić information content (AvgIpc) is 3.14. The van der Waals surface area contributed by atoms with Gasteiger partial charge in [-0.3, -0.25) is 4.79 Å². The lowest BCUT2D eigenvalue weighted by atomic mass is 10.0. The van der Waals surface area contributed by atoms with E-state index in [2.05, 4.69) is 17.3 Å². The van der Waals surface area contributed by atoms with Gasteiger partial charge in [-0.2, -0.15) is 5.10 Å². The summed E-state index contributed by atoms with van der Waals surface area (Å²) in [5, 5.41) is 8.52.